The Balaban J connectivity index is 1.99. The summed E-state index contributed by atoms with van der Waals surface area (Å²) in [5, 5.41) is 3.11. The van der Waals surface area contributed by atoms with Gasteiger partial charge in [0.25, 0.3) is 11.5 Å². The fourth-order valence-electron chi connectivity index (χ4n) is 2.65. The Labute approximate surface area is 153 Å². The summed E-state index contributed by atoms with van der Waals surface area (Å²) in [5.41, 5.74) is 0.929. The van der Waals surface area contributed by atoms with E-state index in [2.05, 4.69) is 10.3 Å². The van der Waals surface area contributed by atoms with Gasteiger partial charge in [0.2, 0.25) is 0 Å². The molecule has 0 aliphatic heterocycles. The molecule has 0 radical (unpaired) electrons. The van der Waals surface area contributed by atoms with Gasteiger partial charge in [0.05, 0.1) is 23.7 Å². The number of anilines is 1. The summed E-state index contributed by atoms with van der Waals surface area (Å²) in [5.74, 6) is -0.675. The van der Waals surface area contributed by atoms with Crippen LogP contribution in [0.4, 0.5) is 10.1 Å². The molecule has 0 aliphatic carbocycles. The second kappa shape index (κ2) is 7.09. The number of aromatic nitrogens is 2. The summed E-state index contributed by atoms with van der Waals surface area (Å²) in [4.78, 5) is 27.9. The molecule has 8 heteroatoms. The van der Waals surface area contributed by atoms with Gasteiger partial charge in [-0.05, 0) is 49.5 Å². The van der Waals surface area contributed by atoms with E-state index in [0.29, 0.717) is 33.5 Å². The van der Waals surface area contributed by atoms with Crippen LogP contribution in [0.2, 0.25) is 0 Å². The van der Waals surface area contributed by atoms with Crippen molar-refractivity contribution in [2.75, 3.05) is 12.4 Å². The number of benzene rings is 2. The molecule has 0 spiro atoms. The minimum absolute atomic E-state index is 0.210. The van der Waals surface area contributed by atoms with Gasteiger partial charge in [0, 0.05) is 18.2 Å². The van der Waals surface area contributed by atoms with Crippen molar-refractivity contribution in [3.05, 3.63) is 62.9 Å². The number of fused-ring (bicyclic) bond motifs is 1. The van der Waals surface area contributed by atoms with Crippen molar-refractivity contribution in [1.29, 1.82) is 0 Å². The van der Waals surface area contributed by atoms with E-state index in [0.717, 1.165) is 0 Å². The average molecular weight is 373 g/mol. The highest BCUT2D eigenvalue weighted by Gasteiger charge is 2.13. The molecule has 0 atom stereocenters. The molecule has 134 valence electrons. The molecule has 2 N–H and O–H groups in total. The number of amides is 1. The molecule has 0 unspecified atom stereocenters. The fraction of sp³-hybridized carbons (Fsp3) is 0.167. The molecule has 3 aromatic rings. The number of ether oxygens (including phenoxy) is 1. The number of H-pyrrole nitrogens is 1. The van der Waals surface area contributed by atoms with E-state index in [-0.39, 0.29) is 11.3 Å². The first kappa shape index (κ1) is 17.8. The molecular formula is C18H16FN3O3S. The Bertz CT molecular complexity index is 1120. The highest BCUT2D eigenvalue weighted by atomic mass is 32.1. The van der Waals surface area contributed by atoms with Crippen LogP contribution in [0.1, 0.15) is 17.3 Å². The van der Waals surface area contributed by atoms with Gasteiger partial charge in [0.1, 0.15) is 11.6 Å². The number of aromatic amines is 1. The SMILES string of the molecule is CCn1c(=S)[nH]c2cc(C(=O)Nc3ccc(F)cc3OC)ccc2c1=O. The Kier molecular flexibility index (Phi) is 4.85. The number of halogens is 1. The molecule has 26 heavy (non-hydrogen) atoms. The van der Waals surface area contributed by atoms with Crippen LogP contribution < -0.4 is 15.6 Å². The lowest BCUT2D eigenvalue weighted by molar-refractivity contribution is 0.102. The van der Waals surface area contributed by atoms with Crippen molar-refractivity contribution in [3.63, 3.8) is 0 Å². The lowest BCUT2D eigenvalue weighted by atomic mass is 10.1. The molecule has 0 saturated heterocycles. The molecule has 3 rings (SSSR count). The molecule has 0 saturated carbocycles. The maximum absolute atomic E-state index is 13.3. The van der Waals surface area contributed by atoms with E-state index in [1.165, 1.54) is 29.9 Å². The molecule has 2 aromatic carbocycles. The zero-order valence-electron chi connectivity index (χ0n) is 14.1. The number of hydrogen-bond donors (Lipinski definition) is 2. The number of nitrogens with one attached hydrogen (secondary N) is 2. The lowest BCUT2D eigenvalue weighted by Gasteiger charge is -2.11. The van der Waals surface area contributed by atoms with Crippen LogP contribution in [0.25, 0.3) is 10.9 Å². The number of carbonyl (C=O) groups excluding carboxylic acids is 1. The van der Waals surface area contributed by atoms with Gasteiger partial charge in [0.15, 0.2) is 4.77 Å². The minimum atomic E-state index is -0.467. The predicted molar refractivity (Wildman–Crippen MR) is 100.0 cm³/mol. The van der Waals surface area contributed by atoms with Gasteiger partial charge < -0.3 is 15.0 Å². The summed E-state index contributed by atoms with van der Waals surface area (Å²) in [6, 6.07) is 8.50. The minimum Gasteiger partial charge on any atom is -0.494 e. The Morgan fingerprint density at radius 1 is 1.31 bits per heavy atom. The highest BCUT2D eigenvalue weighted by Crippen LogP contribution is 2.25. The quantitative estimate of drug-likeness (QED) is 0.687. The van der Waals surface area contributed by atoms with E-state index < -0.39 is 11.7 Å². The Hall–Kier alpha value is -3.00. The zero-order valence-corrected chi connectivity index (χ0v) is 14.9. The van der Waals surface area contributed by atoms with Crippen molar-refractivity contribution < 1.29 is 13.9 Å². The van der Waals surface area contributed by atoms with Gasteiger partial charge in [-0.25, -0.2) is 4.39 Å². The van der Waals surface area contributed by atoms with E-state index in [1.54, 1.807) is 18.2 Å². The van der Waals surface area contributed by atoms with Crippen LogP contribution in [0.3, 0.4) is 0 Å². The van der Waals surface area contributed by atoms with E-state index in [1.807, 2.05) is 6.92 Å². The third kappa shape index (κ3) is 3.23. The Morgan fingerprint density at radius 3 is 2.77 bits per heavy atom. The van der Waals surface area contributed by atoms with Gasteiger partial charge in [-0.1, -0.05) is 0 Å². The molecule has 6 nitrogen and oxygen atoms in total. The first-order chi connectivity index (χ1) is 12.4. The van der Waals surface area contributed by atoms with Gasteiger partial charge in [-0.15, -0.1) is 0 Å². The van der Waals surface area contributed by atoms with Gasteiger partial charge in [-0.2, -0.15) is 0 Å². The number of methoxy groups -OCH3 is 1. The summed E-state index contributed by atoms with van der Waals surface area (Å²) in [6.45, 7) is 2.28. The maximum atomic E-state index is 13.3. The van der Waals surface area contributed by atoms with Crippen molar-refractivity contribution in [3.8, 4) is 5.75 Å². The first-order valence-electron chi connectivity index (χ1n) is 7.86. The summed E-state index contributed by atoms with van der Waals surface area (Å²) >= 11 is 5.18. The van der Waals surface area contributed by atoms with Crippen molar-refractivity contribution in [2.45, 2.75) is 13.5 Å². The molecule has 0 fully saturated rings. The van der Waals surface area contributed by atoms with E-state index >= 15 is 0 Å². The van der Waals surface area contributed by atoms with Crippen LogP contribution in [0, 0.1) is 10.6 Å². The third-order valence-electron chi connectivity index (χ3n) is 3.97. The van der Waals surface area contributed by atoms with Gasteiger partial charge >= 0.3 is 0 Å². The third-order valence-corrected chi connectivity index (χ3v) is 4.29. The second-order valence-corrected chi connectivity index (χ2v) is 5.93. The van der Waals surface area contributed by atoms with Gasteiger partial charge in [-0.3, -0.25) is 14.2 Å². The van der Waals surface area contributed by atoms with Crippen LogP contribution >= 0.6 is 12.2 Å². The average Bonchev–Trinajstić information content (AvgIpc) is 2.62. The fourth-order valence-corrected chi connectivity index (χ4v) is 2.97. The van der Waals surface area contributed by atoms with Crippen molar-refractivity contribution in [2.24, 2.45) is 0 Å². The van der Waals surface area contributed by atoms with Crippen molar-refractivity contribution in [1.82, 2.24) is 9.55 Å². The van der Waals surface area contributed by atoms with Crippen molar-refractivity contribution >= 4 is 34.7 Å². The normalized spacial score (nSPS) is 10.7. The number of nitrogens with zero attached hydrogens (tertiary/aromatic N) is 1. The first-order valence-corrected chi connectivity index (χ1v) is 8.27. The maximum Gasteiger partial charge on any atom is 0.262 e. The molecular weight excluding hydrogens is 357 g/mol. The van der Waals surface area contributed by atoms with Crippen LogP contribution in [-0.2, 0) is 6.54 Å². The standard InChI is InChI=1S/C18H16FN3O3S/c1-3-22-17(24)12-6-4-10(8-14(12)21-18(22)26)16(23)20-13-7-5-11(19)9-15(13)25-2/h4-9H,3H2,1-2H3,(H,20,23)(H,21,26). The number of carbonyl (C=O) groups is 1. The summed E-state index contributed by atoms with van der Waals surface area (Å²) < 4.78 is 20.1. The van der Waals surface area contributed by atoms with E-state index in [9.17, 15) is 14.0 Å². The number of rotatable bonds is 4. The number of hydrogen-bond acceptors (Lipinski definition) is 4. The molecule has 0 bridgehead atoms. The smallest absolute Gasteiger partial charge is 0.262 e. The molecule has 1 heterocycles. The topological polar surface area (TPSA) is 76.1 Å². The monoisotopic (exact) mass is 373 g/mol. The summed E-state index contributed by atoms with van der Waals surface area (Å²) in [6.07, 6.45) is 0. The highest BCUT2D eigenvalue weighted by molar-refractivity contribution is 7.71. The van der Waals surface area contributed by atoms with Crippen LogP contribution in [0.5, 0.6) is 5.75 Å². The molecule has 0 aliphatic rings. The second-order valence-electron chi connectivity index (χ2n) is 5.54. The Morgan fingerprint density at radius 2 is 2.08 bits per heavy atom. The lowest BCUT2D eigenvalue weighted by Crippen LogP contribution is -2.21. The van der Waals surface area contributed by atoms with Crippen LogP contribution in [-0.4, -0.2) is 22.6 Å². The summed E-state index contributed by atoms with van der Waals surface area (Å²) in [7, 11) is 1.39. The van der Waals surface area contributed by atoms with Crippen LogP contribution in [0.15, 0.2) is 41.2 Å². The molecule has 1 amide bonds. The predicted octanol–water partition coefficient (Wildman–Crippen LogP) is 3.48. The zero-order chi connectivity index (χ0) is 18.8. The van der Waals surface area contributed by atoms with E-state index in [4.69, 9.17) is 17.0 Å². The molecule has 1 aromatic heterocycles. The largest absolute Gasteiger partial charge is 0.494 e.